The highest BCUT2D eigenvalue weighted by Gasteiger charge is 2.19. The Labute approximate surface area is 329 Å². The van der Waals surface area contributed by atoms with Crippen LogP contribution in [0.3, 0.4) is 0 Å². The Bertz CT molecular complexity index is 3280. The summed E-state index contributed by atoms with van der Waals surface area (Å²) in [6, 6.07) is 70.2. The molecule has 0 unspecified atom stereocenters. The fourth-order valence-electron chi connectivity index (χ4n) is 8.20. The fourth-order valence-corrected chi connectivity index (χ4v) is 8.20. The second kappa shape index (κ2) is 13.6. The topological polar surface area (TPSA) is 51.8 Å². The van der Waals surface area contributed by atoms with E-state index >= 15 is 0 Å². The van der Waals surface area contributed by atoms with E-state index in [0.717, 1.165) is 44.3 Å². The SMILES string of the molecule is c1ccc(-c2ccccc2-c2nc(-c3cccc(-c4cccc(-c5c6ccccc6cc6c5ccc5ccccc56)c4)c3)nc(-c3cc4ccccc4o3)n2)cc1. The van der Waals surface area contributed by atoms with Gasteiger partial charge in [-0.3, -0.25) is 0 Å². The molecule has 0 amide bonds. The number of fused-ring (bicyclic) bond motifs is 5. The molecule has 4 nitrogen and oxygen atoms in total. The van der Waals surface area contributed by atoms with Crippen LogP contribution in [0.5, 0.6) is 0 Å². The third kappa shape index (κ3) is 5.83. The number of furan rings is 1. The molecule has 0 bridgehead atoms. The van der Waals surface area contributed by atoms with E-state index in [1.165, 1.54) is 43.4 Å². The van der Waals surface area contributed by atoms with Gasteiger partial charge in [-0.15, -0.1) is 0 Å². The van der Waals surface area contributed by atoms with Crippen molar-refractivity contribution >= 4 is 43.3 Å². The van der Waals surface area contributed by atoms with Crippen LogP contribution in [-0.4, -0.2) is 15.0 Å². The Morgan fingerprint density at radius 1 is 0.298 bits per heavy atom. The molecule has 0 spiro atoms. The highest BCUT2D eigenvalue weighted by atomic mass is 16.3. The van der Waals surface area contributed by atoms with Crippen molar-refractivity contribution in [3.63, 3.8) is 0 Å². The lowest BCUT2D eigenvalue weighted by Crippen LogP contribution is -2.00. The summed E-state index contributed by atoms with van der Waals surface area (Å²) in [5.41, 5.74) is 9.32. The molecule has 0 aliphatic rings. The van der Waals surface area contributed by atoms with Gasteiger partial charge >= 0.3 is 0 Å². The molecular formula is C53H33N3O. The Hall–Kier alpha value is -7.69. The number of hydrogen-bond acceptors (Lipinski definition) is 4. The van der Waals surface area contributed by atoms with E-state index in [9.17, 15) is 0 Å². The Balaban J connectivity index is 1.07. The van der Waals surface area contributed by atoms with E-state index in [1.54, 1.807) is 0 Å². The molecule has 11 rings (SSSR count). The van der Waals surface area contributed by atoms with E-state index in [1.807, 2.05) is 42.5 Å². The smallest absolute Gasteiger partial charge is 0.199 e. The Morgan fingerprint density at radius 3 is 1.72 bits per heavy atom. The van der Waals surface area contributed by atoms with Gasteiger partial charge in [-0.2, -0.15) is 0 Å². The van der Waals surface area contributed by atoms with Gasteiger partial charge in [0.1, 0.15) is 5.58 Å². The maximum absolute atomic E-state index is 6.33. The lowest BCUT2D eigenvalue weighted by Gasteiger charge is -2.15. The largest absolute Gasteiger partial charge is 0.453 e. The molecule has 2 aromatic heterocycles. The molecule has 0 fully saturated rings. The van der Waals surface area contributed by atoms with E-state index in [-0.39, 0.29) is 0 Å². The van der Waals surface area contributed by atoms with Crippen molar-refractivity contribution in [3.8, 4) is 67.7 Å². The van der Waals surface area contributed by atoms with Crippen molar-refractivity contribution in [1.29, 1.82) is 0 Å². The number of benzene rings is 9. The van der Waals surface area contributed by atoms with Crippen molar-refractivity contribution in [1.82, 2.24) is 15.0 Å². The minimum Gasteiger partial charge on any atom is -0.453 e. The normalized spacial score (nSPS) is 11.5. The third-order valence-corrected chi connectivity index (χ3v) is 10.9. The molecule has 0 aliphatic carbocycles. The molecular weight excluding hydrogens is 695 g/mol. The second-order valence-electron chi connectivity index (χ2n) is 14.4. The van der Waals surface area contributed by atoms with Gasteiger partial charge in [0.05, 0.1) is 0 Å². The van der Waals surface area contributed by atoms with Crippen molar-refractivity contribution in [2.45, 2.75) is 0 Å². The summed E-state index contributed by atoms with van der Waals surface area (Å²) in [6.07, 6.45) is 0. The molecule has 0 saturated heterocycles. The Morgan fingerprint density at radius 2 is 0.895 bits per heavy atom. The molecule has 9 aromatic carbocycles. The number of para-hydroxylation sites is 1. The summed E-state index contributed by atoms with van der Waals surface area (Å²) >= 11 is 0. The molecule has 0 atom stereocenters. The zero-order valence-corrected chi connectivity index (χ0v) is 30.8. The summed E-state index contributed by atoms with van der Waals surface area (Å²) in [6.45, 7) is 0. The lowest BCUT2D eigenvalue weighted by atomic mass is 9.89. The minimum absolute atomic E-state index is 0.483. The first-order valence-corrected chi connectivity index (χ1v) is 19.2. The maximum Gasteiger partial charge on any atom is 0.199 e. The Kier molecular flexibility index (Phi) is 7.78. The van der Waals surface area contributed by atoms with Gasteiger partial charge < -0.3 is 4.42 Å². The summed E-state index contributed by atoms with van der Waals surface area (Å²) in [4.78, 5) is 15.3. The molecule has 0 radical (unpaired) electrons. The third-order valence-electron chi connectivity index (χ3n) is 10.9. The van der Waals surface area contributed by atoms with Gasteiger partial charge in [-0.05, 0) is 96.0 Å². The summed E-state index contributed by atoms with van der Waals surface area (Å²) in [5.74, 6) is 2.23. The van der Waals surface area contributed by atoms with E-state index in [4.69, 9.17) is 19.4 Å². The van der Waals surface area contributed by atoms with Crippen LogP contribution >= 0.6 is 0 Å². The molecule has 0 N–H and O–H groups in total. The minimum atomic E-state index is 0.483. The second-order valence-corrected chi connectivity index (χ2v) is 14.4. The van der Waals surface area contributed by atoms with Gasteiger partial charge in [0.2, 0.25) is 0 Å². The summed E-state index contributed by atoms with van der Waals surface area (Å²) in [7, 11) is 0. The predicted octanol–water partition coefficient (Wildman–Crippen LogP) is 14.1. The lowest BCUT2D eigenvalue weighted by molar-refractivity contribution is 0.625. The van der Waals surface area contributed by atoms with Crippen molar-refractivity contribution < 1.29 is 4.42 Å². The molecule has 4 heteroatoms. The van der Waals surface area contributed by atoms with Gasteiger partial charge in [0.25, 0.3) is 0 Å². The number of nitrogens with zero attached hydrogens (tertiary/aromatic N) is 3. The highest BCUT2D eigenvalue weighted by molar-refractivity contribution is 6.20. The summed E-state index contributed by atoms with van der Waals surface area (Å²) in [5, 5.41) is 8.45. The maximum atomic E-state index is 6.33. The summed E-state index contributed by atoms with van der Waals surface area (Å²) < 4.78 is 6.33. The van der Waals surface area contributed by atoms with Crippen LogP contribution in [0.25, 0.3) is 111 Å². The average molecular weight is 728 g/mol. The standard InChI is InChI=1S/C53H33N3O/c1-2-14-34(15-3-1)42-23-9-10-26-46(42)52-54-51(55-53(56-52)49-33-39-18-6-11-27-48(39)57-49)41-22-13-20-37(31-41)36-19-12-21-40(30-36)50-44-25-8-5-17-38(44)32-47-43-24-7-4-16-35(43)28-29-45(47)50/h1-33H. The van der Waals surface area contributed by atoms with Crippen LogP contribution in [0.4, 0.5) is 0 Å². The van der Waals surface area contributed by atoms with E-state index in [0.29, 0.717) is 23.2 Å². The van der Waals surface area contributed by atoms with Crippen LogP contribution in [0.1, 0.15) is 0 Å². The first-order chi connectivity index (χ1) is 28.2. The molecule has 2 heterocycles. The van der Waals surface area contributed by atoms with Crippen LogP contribution in [-0.2, 0) is 0 Å². The van der Waals surface area contributed by atoms with Crippen molar-refractivity contribution in [2.75, 3.05) is 0 Å². The predicted molar refractivity (Wildman–Crippen MR) is 235 cm³/mol. The molecule has 266 valence electrons. The molecule has 0 aliphatic heterocycles. The number of aromatic nitrogens is 3. The zero-order chi connectivity index (χ0) is 37.7. The van der Waals surface area contributed by atoms with Crippen molar-refractivity contribution in [2.24, 2.45) is 0 Å². The fraction of sp³-hybridized carbons (Fsp3) is 0. The van der Waals surface area contributed by atoms with Crippen LogP contribution in [0.15, 0.2) is 205 Å². The molecule has 11 aromatic rings. The van der Waals surface area contributed by atoms with Crippen LogP contribution < -0.4 is 0 Å². The van der Waals surface area contributed by atoms with Gasteiger partial charge in [0, 0.05) is 16.5 Å². The van der Waals surface area contributed by atoms with Crippen molar-refractivity contribution in [3.05, 3.63) is 200 Å². The van der Waals surface area contributed by atoms with Crippen LogP contribution in [0.2, 0.25) is 0 Å². The average Bonchev–Trinajstić information content (AvgIpc) is 3.73. The van der Waals surface area contributed by atoms with E-state index < -0.39 is 0 Å². The van der Waals surface area contributed by atoms with Crippen LogP contribution in [0, 0.1) is 0 Å². The highest BCUT2D eigenvalue weighted by Crippen LogP contribution is 2.41. The zero-order valence-electron chi connectivity index (χ0n) is 30.8. The molecule has 57 heavy (non-hydrogen) atoms. The van der Waals surface area contributed by atoms with Gasteiger partial charge in [0.15, 0.2) is 23.2 Å². The van der Waals surface area contributed by atoms with Gasteiger partial charge in [-0.1, -0.05) is 170 Å². The first-order valence-electron chi connectivity index (χ1n) is 19.2. The number of rotatable bonds is 6. The van der Waals surface area contributed by atoms with Gasteiger partial charge in [-0.25, -0.2) is 15.0 Å². The molecule has 0 saturated carbocycles. The quantitative estimate of drug-likeness (QED) is 0.126. The number of hydrogen-bond donors (Lipinski definition) is 0. The first kappa shape index (κ1) is 32.7. The monoisotopic (exact) mass is 727 g/mol. The van der Waals surface area contributed by atoms with E-state index in [2.05, 4.69) is 158 Å².